The van der Waals surface area contributed by atoms with Gasteiger partial charge in [-0.3, -0.25) is 9.36 Å². The first kappa shape index (κ1) is 19.4. The van der Waals surface area contributed by atoms with E-state index in [9.17, 15) is 4.79 Å². The summed E-state index contributed by atoms with van der Waals surface area (Å²) in [5.41, 5.74) is 2.35. The topological polar surface area (TPSA) is 89.9 Å². The minimum Gasteiger partial charge on any atom is -0.368 e. The summed E-state index contributed by atoms with van der Waals surface area (Å²) in [4.78, 5) is 28.5. The van der Waals surface area contributed by atoms with Crippen LogP contribution in [0.15, 0.2) is 52.2 Å². The number of benzene rings is 1. The second kappa shape index (κ2) is 7.41. The number of nitrogens with zero attached hydrogens (tertiary/aromatic N) is 6. The molecule has 3 atom stereocenters. The van der Waals surface area contributed by atoms with Crippen molar-refractivity contribution in [3.05, 3.63) is 75.5 Å². The zero-order valence-electron chi connectivity index (χ0n) is 17.5. The van der Waals surface area contributed by atoms with Crippen LogP contribution in [0.2, 0.25) is 5.02 Å². The molecule has 0 radical (unpaired) electrons. The van der Waals surface area contributed by atoms with Crippen molar-refractivity contribution in [1.29, 1.82) is 0 Å². The van der Waals surface area contributed by atoms with Crippen LogP contribution in [0.1, 0.15) is 36.0 Å². The highest BCUT2D eigenvalue weighted by molar-refractivity contribution is 6.30. The van der Waals surface area contributed by atoms with E-state index in [0.717, 1.165) is 35.8 Å². The van der Waals surface area contributed by atoms with E-state index in [1.165, 1.54) is 16.6 Å². The molecule has 0 N–H and O–H groups in total. The van der Waals surface area contributed by atoms with Crippen LogP contribution in [0.25, 0.3) is 11.0 Å². The maximum absolute atomic E-state index is 12.9. The van der Waals surface area contributed by atoms with Crippen LogP contribution < -0.4 is 10.5 Å². The highest BCUT2D eigenvalue weighted by atomic mass is 35.5. The summed E-state index contributed by atoms with van der Waals surface area (Å²) in [6.45, 7) is 3.05. The molecule has 1 aliphatic carbocycles. The molecule has 1 unspecified atom stereocenters. The molecular formula is C23H21ClN6O2. The van der Waals surface area contributed by atoms with Crippen LogP contribution in [0.4, 0.5) is 5.69 Å². The molecule has 6 rings (SSSR count). The lowest BCUT2D eigenvalue weighted by molar-refractivity contribution is 0.354. The molecule has 3 aromatic heterocycles. The highest BCUT2D eigenvalue weighted by Gasteiger charge is 2.47. The summed E-state index contributed by atoms with van der Waals surface area (Å²) >= 11 is 6.03. The zero-order valence-corrected chi connectivity index (χ0v) is 18.2. The minimum atomic E-state index is -0.154. The van der Waals surface area contributed by atoms with Crippen LogP contribution in [-0.2, 0) is 6.54 Å². The third kappa shape index (κ3) is 3.17. The van der Waals surface area contributed by atoms with Crippen molar-refractivity contribution in [3.8, 4) is 0 Å². The van der Waals surface area contributed by atoms with Crippen LogP contribution in [0.5, 0.6) is 0 Å². The average Bonchev–Trinajstić information content (AvgIpc) is 3.52. The van der Waals surface area contributed by atoms with E-state index in [1.54, 1.807) is 6.20 Å². The fourth-order valence-corrected chi connectivity index (χ4v) is 5.31. The largest absolute Gasteiger partial charge is 0.368 e. The number of fused-ring (bicyclic) bond motifs is 3. The molecule has 32 heavy (non-hydrogen) atoms. The van der Waals surface area contributed by atoms with Crippen molar-refractivity contribution in [2.75, 3.05) is 11.4 Å². The summed E-state index contributed by atoms with van der Waals surface area (Å²) in [5.74, 6) is 1.92. The molecule has 0 spiro atoms. The molecular weight excluding hydrogens is 428 g/mol. The van der Waals surface area contributed by atoms with Crippen molar-refractivity contribution in [3.63, 3.8) is 0 Å². The molecule has 2 fully saturated rings. The lowest BCUT2D eigenvalue weighted by Crippen LogP contribution is -2.34. The number of pyridine rings is 1. The van der Waals surface area contributed by atoms with Gasteiger partial charge in [-0.15, -0.1) is 0 Å². The fourth-order valence-electron chi connectivity index (χ4n) is 5.19. The van der Waals surface area contributed by atoms with E-state index in [1.807, 2.05) is 25.1 Å². The second-order valence-corrected chi connectivity index (χ2v) is 9.11. The Balaban J connectivity index is 1.20. The quantitative estimate of drug-likeness (QED) is 0.471. The van der Waals surface area contributed by atoms with E-state index in [2.05, 4.69) is 37.1 Å². The molecule has 2 aliphatic rings. The van der Waals surface area contributed by atoms with Gasteiger partial charge in [-0.1, -0.05) is 16.8 Å². The summed E-state index contributed by atoms with van der Waals surface area (Å²) in [6, 6.07) is 10.3. The lowest BCUT2D eigenvalue weighted by atomic mass is 9.93. The summed E-state index contributed by atoms with van der Waals surface area (Å²) in [5, 5.41) is 5.53. The van der Waals surface area contributed by atoms with Gasteiger partial charge in [0.2, 0.25) is 5.89 Å². The Morgan fingerprint density at radius 2 is 2.00 bits per heavy atom. The zero-order chi connectivity index (χ0) is 21.8. The Labute approximate surface area is 188 Å². The third-order valence-electron chi connectivity index (χ3n) is 6.75. The Hall–Kier alpha value is -3.26. The second-order valence-electron chi connectivity index (χ2n) is 8.67. The van der Waals surface area contributed by atoms with Crippen molar-refractivity contribution in [2.24, 2.45) is 5.92 Å². The standard InChI is InChI=1S/C23H21ClN6O2/c1-13-6-7-25-22-20(13)23(31)29(12-26-22)11-19-27-21(28-32-19)18-9-17-8-14(18)10-30(17)16-4-2-15(24)3-5-16/h2-7,12,14,17-18H,8-11H2,1H3/t14-,17?,18+/m0/s1. The molecule has 4 heterocycles. The maximum Gasteiger partial charge on any atom is 0.263 e. The van der Waals surface area contributed by atoms with E-state index in [-0.39, 0.29) is 18.0 Å². The molecule has 2 bridgehead atoms. The molecule has 9 heteroatoms. The van der Waals surface area contributed by atoms with Gasteiger partial charge in [0.1, 0.15) is 12.9 Å². The molecule has 1 saturated carbocycles. The van der Waals surface area contributed by atoms with Crippen molar-refractivity contribution >= 4 is 28.3 Å². The van der Waals surface area contributed by atoms with Gasteiger partial charge in [0.15, 0.2) is 11.5 Å². The number of aryl methyl sites for hydroxylation is 1. The molecule has 1 aromatic carbocycles. The number of anilines is 1. The van der Waals surface area contributed by atoms with Gasteiger partial charge >= 0.3 is 0 Å². The third-order valence-corrected chi connectivity index (χ3v) is 7.01. The first-order valence-corrected chi connectivity index (χ1v) is 11.1. The number of piperidine rings is 1. The van der Waals surface area contributed by atoms with Gasteiger partial charge in [0.25, 0.3) is 5.56 Å². The fraction of sp³-hybridized carbons (Fsp3) is 0.348. The lowest BCUT2D eigenvalue weighted by Gasteiger charge is -2.32. The molecule has 1 aliphatic heterocycles. The number of hydrogen-bond donors (Lipinski definition) is 0. The predicted octanol–water partition coefficient (Wildman–Crippen LogP) is 3.57. The smallest absolute Gasteiger partial charge is 0.263 e. The van der Waals surface area contributed by atoms with Crippen LogP contribution >= 0.6 is 11.6 Å². The summed E-state index contributed by atoms with van der Waals surface area (Å²) in [6.07, 6.45) is 5.26. The minimum absolute atomic E-state index is 0.154. The normalized spacial score (nSPS) is 22.2. The predicted molar refractivity (Wildman–Crippen MR) is 120 cm³/mol. The molecule has 162 valence electrons. The van der Waals surface area contributed by atoms with Gasteiger partial charge in [-0.25, -0.2) is 9.97 Å². The monoisotopic (exact) mass is 448 g/mol. The van der Waals surface area contributed by atoms with Gasteiger partial charge in [0.05, 0.1) is 5.39 Å². The van der Waals surface area contributed by atoms with Crippen LogP contribution in [0.3, 0.4) is 0 Å². The van der Waals surface area contributed by atoms with Crippen molar-refractivity contribution < 1.29 is 4.52 Å². The summed E-state index contributed by atoms with van der Waals surface area (Å²) in [7, 11) is 0. The Kier molecular flexibility index (Phi) is 4.50. The Bertz CT molecular complexity index is 1370. The number of aromatic nitrogens is 5. The Morgan fingerprint density at radius 1 is 1.16 bits per heavy atom. The van der Waals surface area contributed by atoms with E-state index in [4.69, 9.17) is 16.1 Å². The molecule has 0 amide bonds. The maximum atomic E-state index is 12.9. The SMILES string of the molecule is Cc1ccnc2ncn(Cc3nc([C@@H]4CC5C[C@H]4CN5c4ccc(Cl)cc4)no3)c(=O)c12. The molecule has 4 aromatic rings. The van der Waals surface area contributed by atoms with E-state index in [0.29, 0.717) is 28.9 Å². The van der Waals surface area contributed by atoms with Crippen molar-refractivity contribution in [2.45, 2.75) is 38.3 Å². The molecule has 1 saturated heterocycles. The summed E-state index contributed by atoms with van der Waals surface area (Å²) < 4.78 is 7.02. The Morgan fingerprint density at radius 3 is 2.78 bits per heavy atom. The van der Waals surface area contributed by atoms with E-state index >= 15 is 0 Å². The van der Waals surface area contributed by atoms with Crippen LogP contribution in [-0.4, -0.2) is 37.3 Å². The number of halogens is 1. The van der Waals surface area contributed by atoms with Gasteiger partial charge in [-0.2, -0.15) is 4.98 Å². The van der Waals surface area contributed by atoms with E-state index < -0.39 is 0 Å². The van der Waals surface area contributed by atoms with Gasteiger partial charge in [-0.05, 0) is 61.6 Å². The van der Waals surface area contributed by atoms with Gasteiger partial charge in [0, 0.05) is 35.4 Å². The highest BCUT2D eigenvalue weighted by Crippen LogP contribution is 2.48. The molecule has 8 nitrogen and oxygen atoms in total. The van der Waals surface area contributed by atoms with Gasteiger partial charge < -0.3 is 9.42 Å². The first-order valence-electron chi connectivity index (χ1n) is 10.7. The number of hydrogen-bond acceptors (Lipinski definition) is 7. The van der Waals surface area contributed by atoms with Crippen LogP contribution in [0, 0.1) is 12.8 Å². The average molecular weight is 449 g/mol. The first-order chi connectivity index (χ1) is 15.6. The number of rotatable bonds is 4. The van der Waals surface area contributed by atoms with Crippen molar-refractivity contribution in [1.82, 2.24) is 24.7 Å².